The molecule has 0 atom stereocenters. The van der Waals surface area contributed by atoms with Crippen LogP contribution in [0.4, 0.5) is 15.8 Å². The number of nitrogens with one attached hydrogen (secondary N) is 2. The molecule has 0 aliphatic rings. The van der Waals surface area contributed by atoms with E-state index < -0.39 is 0 Å². The third kappa shape index (κ3) is 4.36. The molecule has 0 aliphatic heterocycles. The van der Waals surface area contributed by atoms with Crippen LogP contribution in [0.25, 0.3) is 0 Å². The van der Waals surface area contributed by atoms with Crippen molar-refractivity contribution in [2.45, 2.75) is 4.90 Å². The molecule has 0 spiro atoms. The van der Waals surface area contributed by atoms with Gasteiger partial charge in [0.05, 0.1) is 0 Å². The van der Waals surface area contributed by atoms with E-state index in [2.05, 4.69) is 10.0 Å². The predicted molar refractivity (Wildman–Crippen MR) is 96.7 cm³/mol. The minimum atomic E-state index is -0.384. The standard InChI is InChI=1S/C19H15FN2OS/c20-15-5-4-6-17(13-15)21-19(23)14-9-11-16(12-10-14)22-24-18-7-2-1-3-8-18/h1-13,22H,(H,21,23). The Balaban J connectivity index is 1.60. The van der Waals surface area contributed by atoms with Crippen LogP contribution in [0, 0.1) is 5.82 Å². The van der Waals surface area contributed by atoms with Gasteiger partial charge in [-0.05, 0) is 66.5 Å². The molecule has 0 saturated heterocycles. The summed E-state index contributed by atoms with van der Waals surface area (Å²) in [6.45, 7) is 0. The molecule has 0 aromatic heterocycles. The van der Waals surface area contributed by atoms with Crippen molar-refractivity contribution in [2.24, 2.45) is 0 Å². The van der Waals surface area contributed by atoms with Gasteiger partial charge in [-0.3, -0.25) is 4.79 Å². The summed E-state index contributed by atoms with van der Waals surface area (Å²) in [6, 6.07) is 22.9. The normalized spacial score (nSPS) is 10.2. The Morgan fingerprint density at radius 3 is 2.29 bits per heavy atom. The summed E-state index contributed by atoms with van der Waals surface area (Å²) in [6.07, 6.45) is 0. The number of anilines is 2. The van der Waals surface area contributed by atoms with E-state index in [1.807, 2.05) is 42.5 Å². The first-order valence-electron chi connectivity index (χ1n) is 7.35. The summed E-state index contributed by atoms with van der Waals surface area (Å²) in [7, 11) is 0. The van der Waals surface area contributed by atoms with Crippen LogP contribution in [0.2, 0.25) is 0 Å². The maximum Gasteiger partial charge on any atom is 0.255 e. The number of carbonyl (C=O) groups is 1. The molecule has 0 heterocycles. The van der Waals surface area contributed by atoms with Gasteiger partial charge in [0.25, 0.3) is 5.91 Å². The summed E-state index contributed by atoms with van der Waals surface area (Å²) in [5, 5.41) is 2.67. The number of amides is 1. The van der Waals surface area contributed by atoms with Crippen molar-refractivity contribution in [2.75, 3.05) is 10.0 Å². The maximum atomic E-state index is 13.1. The monoisotopic (exact) mass is 338 g/mol. The molecule has 1 amide bonds. The third-order valence-electron chi connectivity index (χ3n) is 3.26. The van der Waals surface area contributed by atoms with Gasteiger partial charge in [-0.15, -0.1) is 0 Å². The molecule has 3 nitrogen and oxygen atoms in total. The molecule has 0 fully saturated rings. The smallest absolute Gasteiger partial charge is 0.255 e. The van der Waals surface area contributed by atoms with Gasteiger partial charge in [-0.2, -0.15) is 0 Å². The Bertz CT molecular complexity index is 822. The Morgan fingerprint density at radius 1 is 0.833 bits per heavy atom. The molecule has 3 rings (SSSR count). The van der Waals surface area contributed by atoms with Gasteiger partial charge in [0.1, 0.15) is 5.82 Å². The first kappa shape index (κ1) is 16.1. The highest BCUT2D eigenvalue weighted by atomic mass is 32.2. The second kappa shape index (κ2) is 7.66. The lowest BCUT2D eigenvalue weighted by molar-refractivity contribution is 0.102. The zero-order chi connectivity index (χ0) is 16.8. The van der Waals surface area contributed by atoms with Crippen LogP contribution in [0.5, 0.6) is 0 Å². The summed E-state index contributed by atoms with van der Waals surface area (Å²) in [4.78, 5) is 13.3. The molecule has 3 aromatic carbocycles. The van der Waals surface area contributed by atoms with Crippen LogP contribution in [0.3, 0.4) is 0 Å². The third-order valence-corrected chi connectivity index (χ3v) is 4.11. The highest BCUT2D eigenvalue weighted by molar-refractivity contribution is 8.00. The van der Waals surface area contributed by atoms with E-state index in [0.717, 1.165) is 10.6 Å². The molecular weight excluding hydrogens is 323 g/mol. The molecule has 0 unspecified atom stereocenters. The average Bonchev–Trinajstić information content (AvgIpc) is 2.61. The van der Waals surface area contributed by atoms with Crippen LogP contribution >= 0.6 is 11.9 Å². The lowest BCUT2D eigenvalue weighted by atomic mass is 10.2. The van der Waals surface area contributed by atoms with Crippen molar-refractivity contribution in [3.05, 3.63) is 90.2 Å². The topological polar surface area (TPSA) is 41.1 Å². The van der Waals surface area contributed by atoms with Crippen LogP contribution in [0.1, 0.15) is 10.4 Å². The van der Waals surface area contributed by atoms with Gasteiger partial charge in [-0.1, -0.05) is 24.3 Å². The Labute approximate surface area is 144 Å². The highest BCUT2D eigenvalue weighted by Crippen LogP contribution is 2.21. The summed E-state index contributed by atoms with van der Waals surface area (Å²) >= 11 is 1.50. The minimum absolute atomic E-state index is 0.275. The second-order valence-electron chi connectivity index (χ2n) is 5.06. The number of halogens is 1. The Hall–Kier alpha value is -2.79. The number of rotatable bonds is 5. The van der Waals surface area contributed by atoms with E-state index >= 15 is 0 Å². The molecule has 24 heavy (non-hydrogen) atoms. The van der Waals surface area contributed by atoms with Crippen molar-refractivity contribution in [1.82, 2.24) is 0 Å². The van der Waals surface area contributed by atoms with E-state index in [1.54, 1.807) is 24.3 Å². The van der Waals surface area contributed by atoms with E-state index in [-0.39, 0.29) is 11.7 Å². The number of carbonyl (C=O) groups excluding carboxylic acids is 1. The van der Waals surface area contributed by atoms with Crippen molar-refractivity contribution >= 4 is 29.2 Å². The quantitative estimate of drug-likeness (QED) is 0.629. The zero-order valence-corrected chi connectivity index (χ0v) is 13.5. The molecule has 0 aliphatic carbocycles. The summed E-state index contributed by atoms with van der Waals surface area (Å²) in [5.74, 6) is -0.659. The van der Waals surface area contributed by atoms with Gasteiger partial charge in [0, 0.05) is 21.8 Å². The average molecular weight is 338 g/mol. The summed E-state index contributed by atoms with van der Waals surface area (Å²) in [5.41, 5.74) is 1.84. The van der Waals surface area contributed by atoms with Gasteiger partial charge in [0.15, 0.2) is 0 Å². The highest BCUT2D eigenvalue weighted by Gasteiger charge is 2.06. The second-order valence-corrected chi connectivity index (χ2v) is 5.94. The SMILES string of the molecule is O=C(Nc1cccc(F)c1)c1ccc(NSc2ccccc2)cc1. The van der Waals surface area contributed by atoms with Gasteiger partial charge < -0.3 is 10.0 Å². The molecule has 0 saturated carbocycles. The van der Waals surface area contributed by atoms with Gasteiger partial charge >= 0.3 is 0 Å². The molecule has 0 radical (unpaired) electrons. The van der Waals surface area contributed by atoms with Crippen LogP contribution in [-0.4, -0.2) is 5.91 Å². The predicted octanol–water partition coefficient (Wildman–Crippen LogP) is 5.20. The first-order valence-corrected chi connectivity index (χ1v) is 8.17. The fraction of sp³-hybridized carbons (Fsp3) is 0. The van der Waals surface area contributed by atoms with Crippen molar-refractivity contribution < 1.29 is 9.18 Å². The fourth-order valence-corrected chi connectivity index (χ4v) is 2.73. The maximum absolute atomic E-state index is 13.1. The van der Waals surface area contributed by atoms with Crippen LogP contribution in [0.15, 0.2) is 83.8 Å². The molecule has 0 bridgehead atoms. The number of benzene rings is 3. The van der Waals surface area contributed by atoms with E-state index in [4.69, 9.17) is 0 Å². The van der Waals surface area contributed by atoms with Crippen LogP contribution < -0.4 is 10.0 Å². The van der Waals surface area contributed by atoms with Crippen molar-refractivity contribution in [3.63, 3.8) is 0 Å². The van der Waals surface area contributed by atoms with Crippen molar-refractivity contribution in [3.8, 4) is 0 Å². The zero-order valence-electron chi connectivity index (χ0n) is 12.7. The summed E-state index contributed by atoms with van der Waals surface area (Å²) < 4.78 is 16.4. The molecule has 120 valence electrons. The van der Waals surface area contributed by atoms with Gasteiger partial charge in [0.2, 0.25) is 0 Å². The molecule has 3 aromatic rings. The minimum Gasteiger partial charge on any atom is -0.326 e. The molecular formula is C19H15FN2OS. The Morgan fingerprint density at radius 2 is 1.58 bits per heavy atom. The molecule has 2 N–H and O–H groups in total. The molecule has 5 heteroatoms. The largest absolute Gasteiger partial charge is 0.326 e. The lowest BCUT2D eigenvalue weighted by Crippen LogP contribution is -2.11. The van der Waals surface area contributed by atoms with E-state index in [1.165, 1.54) is 24.1 Å². The van der Waals surface area contributed by atoms with Crippen LogP contribution in [-0.2, 0) is 0 Å². The van der Waals surface area contributed by atoms with E-state index in [9.17, 15) is 9.18 Å². The van der Waals surface area contributed by atoms with Crippen molar-refractivity contribution in [1.29, 1.82) is 0 Å². The first-order chi connectivity index (χ1) is 11.7. The van der Waals surface area contributed by atoms with E-state index in [0.29, 0.717) is 11.3 Å². The van der Waals surface area contributed by atoms with Gasteiger partial charge in [-0.25, -0.2) is 4.39 Å². The number of hydrogen-bond donors (Lipinski definition) is 2. The fourth-order valence-electron chi connectivity index (χ4n) is 2.07. The Kier molecular flexibility index (Phi) is 5.13. The number of hydrogen-bond acceptors (Lipinski definition) is 3. The lowest BCUT2D eigenvalue weighted by Gasteiger charge is -2.08.